The van der Waals surface area contributed by atoms with Gasteiger partial charge in [0, 0.05) is 43.4 Å². The molecule has 0 spiro atoms. The molecule has 0 amide bonds. The van der Waals surface area contributed by atoms with Crippen LogP contribution in [0.1, 0.15) is 125 Å². The lowest BCUT2D eigenvalue weighted by atomic mass is 9.57. The molecule has 0 heterocycles. The summed E-state index contributed by atoms with van der Waals surface area (Å²) in [6.07, 6.45) is 26.8. The Morgan fingerprint density at radius 2 is 1.60 bits per heavy atom. The number of hydrogen-bond acceptors (Lipinski definition) is 7. The molecule has 3 rings (SSSR count). The molecule has 0 aromatic heterocycles. The predicted molar refractivity (Wildman–Crippen MR) is 186 cm³/mol. The molecule has 0 radical (unpaired) electrons. The first-order valence-corrected chi connectivity index (χ1v) is 18.1. The van der Waals surface area contributed by atoms with Crippen LogP contribution in [-0.4, -0.2) is 45.7 Å². The Bertz CT molecular complexity index is 1240. The van der Waals surface area contributed by atoms with Gasteiger partial charge in [-0.2, -0.15) is 0 Å². The number of aliphatic hydroxyl groups is 2. The number of unbranched alkanes of at least 4 members (excludes halogenated alkanes) is 8. The summed E-state index contributed by atoms with van der Waals surface area (Å²) in [6, 6.07) is 0. The molecule has 262 valence electrons. The Morgan fingerprint density at radius 1 is 0.957 bits per heavy atom. The lowest BCUT2D eigenvalue weighted by Gasteiger charge is -2.51. The number of rotatable bonds is 18. The molecule has 47 heavy (non-hydrogen) atoms. The van der Waals surface area contributed by atoms with Crippen LogP contribution in [0.5, 0.6) is 0 Å². The van der Waals surface area contributed by atoms with Crippen molar-refractivity contribution in [2.75, 3.05) is 6.61 Å². The van der Waals surface area contributed by atoms with E-state index in [0.29, 0.717) is 23.3 Å². The number of esters is 2. The summed E-state index contributed by atoms with van der Waals surface area (Å²) < 4.78 is 11.3. The Kier molecular flexibility index (Phi) is 14.9. The van der Waals surface area contributed by atoms with Gasteiger partial charge in [-0.25, -0.2) is 0 Å². The second kappa shape index (κ2) is 18.1. The largest absolute Gasteiger partial charge is 0.461 e. The van der Waals surface area contributed by atoms with Crippen LogP contribution < -0.4 is 0 Å². The maximum Gasteiger partial charge on any atom is 0.307 e. The molecule has 6 atom stereocenters. The molecule has 0 fully saturated rings. The minimum Gasteiger partial charge on any atom is -0.461 e. The topological polar surface area (TPSA) is 110 Å². The van der Waals surface area contributed by atoms with E-state index in [1.54, 1.807) is 19.1 Å². The van der Waals surface area contributed by atoms with E-state index in [0.717, 1.165) is 44.9 Å². The number of allylic oxidation sites excluding steroid dienone is 5. The summed E-state index contributed by atoms with van der Waals surface area (Å²) in [5, 5.41) is 24.4. The molecule has 0 saturated heterocycles. The third kappa shape index (κ3) is 9.88. The van der Waals surface area contributed by atoms with E-state index < -0.39 is 40.7 Å². The van der Waals surface area contributed by atoms with Gasteiger partial charge in [-0.3, -0.25) is 14.4 Å². The third-order valence-corrected chi connectivity index (χ3v) is 10.2. The standard InChI is InChI=1S/C40H60O7/c1-7-8-9-10-11-12-13-14-15-16-17-18-19-20-21-22-36(42)46-27-32-25-33-37(28(2)3)34(47-31(6)41)24-30(5)40(33,45)35-23-29(4)38(43)39(35,44)26-32/h11-12,14-15,23-25,28,30,33,35,37,44-45H,7-10,13,16-22,26-27H2,1-6H3/b12-11-,15-14-/t30-,33+,35-,37+,39-,40-/m1/s1. The minimum atomic E-state index is -1.85. The fraction of sp³-hybridized carbons (Fsp3) is 0.675. The fourth-order valence-electron chi connectivity index (χ4n) is 7.73. The average Bonchev–Trinajstić information content (AvgIpc) is 3.17. The first-order chi connectivity index (χ1) is 22.4. The van der Waals surface area contributed by atoms with Crippen LogP contribution in [0.15, 0.2) is 59.4 Å². The zero-order valence-corrected chi connectivity index (χ0v) is 29.8. The van der Waals surface area contributed by atoms with Gasteiger partial charge >= 0.3 is 11.9 Å². The molecular weight excluding hydrogens is 592 g/mol. The molecular formula is C40H60O7. The van der Waals surface area contributed by atoms with Gasteiger partial charge in [-0.05, 0) is 68.6 Å². The van der Waals surface area contributed by atoms with Crippen molar-refractivity contribution in [3.63, 3.8) is 0 Å². The van der Waals surface area contributed by atoms with Crippen molar-refractivity contribution in [3.05, 3.63) is 59.4 Å². The first kappa shape index (κ1) is 38.7. The smallest absolute Gasteiger partial charge is 0.307 e. The Hall–Kier alpha value is -2.77. The fourth-order valence-corrected chi connectivity index (χ4v) is 7.73. The van der Waals surface area contributed by atoms with Gasteiger partial charge in [0.15, 0.2) is 5.78 Å². The van der Waals surface area contributed by atoms with Crippen molar-refractivity contribution < 1.29 is 34.1 Å². The van der Waals surface area contributed by atoms with E-state index in [1.165, 1.54) is 32.6 Å². The molecule has 7 nitrogen and oxygen atoms in total. The van der Waals surface area contributed by atoms with Gasteiger partial charge in [0.05, 0.1) is 5.60 Å². The van der Waals surface area contributed by atoms with Crippen LogP contribution in [0, 0.1) is 29.6 Å². The van der Waals surface area contributed by atoms with E-state index >= 15 is 0 Å². The van der Waals surface area contributed by atoms with Gasteiger partial charge in [0.1, 0.15) is 18.0 Å². The molecule has 3 aliphatic rings. The van der Waals surface area contributed by atoms with Crippen molar-refractivity contribution in [1.82, 2.24) is 0 Å². The lowest BCUT2D eigenvalue weighted by molar-refractivity contribution is -0.167. The lowest BCUT2D eigenvalue weighted by Crippen LogP contribution is -2.60. The maximum atomic E-state index is 13.4. The van der Waals surface area contributed by atoms with E-state index in [1.807, 2.05) is 26.8 Å². The van der Waals surface area contributed by atoms with E-state index in [2.05, 4.69) is 31.2 Å². The van der Waals surface area contributed by atoms with Crippen LogP contribution in [0.3, 0.4) is 0 Å². The summed E-state index contributed by atoms with van der Waals surface area (Å²) >= 11 is 0. The second-order valence-electron chi connectivity index (χ2n) is 14.4. The number of ketones is 1. The SMILES string of the molecule is CCCCC/C=C\C/C=C\CCCCCCCC(=O)OCC1=C[C@H]2[C@H](C(C)C)C(OC(C)=O)=C[C@@H](C)[C@]2(O)[C@@H]2C=C(C)C(=O)[C@@]2(O)C1. The van der Waals surface area contributed by atoms with Crippen LogP contribution in [0.4, 0.5) is 0 Å². The summed E-state index contributed by atoms with van der Waals surface area (Å²) in [6.45, 7) is 11.0. The number of hydrogen-bond donors (Lipinski definition) is 2. The van der Waals surface area contributed by atoms with Gasteiger partial charge in [-0.1, -0.05) is 96.3 Å². The molecule has 7 heteroatoms. The number of carbonyl (C=O) groups excluding carboxylic acids is 3. The highest BCUT2D eigenvalue weighted by atomic mass is 16.5. The highest BCUT2D eigenvalue weighted by molar-refractivity contribution is 6.04. The number of Topliss-reactive ketones (excluding diaryl/α,β-unsaturated/α-hetero) is 1. The average molecular weight is 653 g/mol. The Balaban J connectivity index is 1.55. The summed E-state index contributed by atoms with van der Waals surface area (Å²) in [5.74, 6) is -3.08. The predicted octanol–water partition coefficient (Wildman–Crippen LogP) is 8.27. The zero-order valence-electron chi connectivity index (χ0n) is 29.8. The Labute approximate surface area is 283 Å². The van der Waals surface area contributed by atoms with E-state index in [-0.39, 0.29) is 30.8 Å². The van der Waals surface area contributed by atoms with Gasteiger partial charge in [0.25, 0.3) is 0 Å². The van der Waals surface area contributed by atoms with Crippen LogP contribution in [0.25, 0.3) is 0 Å². The normalized spacial score (nSPS) is 29.0. The molecule has 3 aliphatic carbocycles. The van der Waals surface area contributed by atoms with Crippen molar-refractivity contribution in [1.29, 1.82) is 0 Å². The van der Waals surface area contributed by atoms with Crippen LogP contribution in [-0.2, 0) is 23.9 Å². The Morgan fingerprint density at radius 3 is 2.23 bits per heavy atom. The molecule has 0 unspecified atom stereocenters. The van der Waals surface area contributed by atoms with Gasteiger partial charge in [0.2, 0.25) is 0 Å². The second-order valence-corrected chi connectivity index (χ2v) is 14.4. The summed E-state index contributed by atoms with van der Waals surface area (Å²) in [5.41, 5.74) is -2.38. The molecule has 0 bridgehead atoms. The summed E-state index contributed by atoms with van der Waals surface area (Å²) in [7, 11) is 0. The van der Waals surface area contributed by atoms with Crippen molar-refractivity contribution >= 4 is 17.7 Å². The van der Waals surface area contributed by atoms with Crippen molar-refractivity contribution in [3.8, 4) is 0 Å². The zero-order chi connectivity index (χ0) is 34.6. The highest BCUT2D eigenvalue weighted by Crippen LogP contribution is 2.57. The molecule has 0 aliphatic heterocycles. The number of fused-ring (bicyclic) bond motifs is 3. The van der Waals surface area contributed by atoms with Crippen LogP contribution >= 0.6 is 0 Å². The van der Waals surface area contributed by atoms with Crippen molar-refractivity contribution in [2.45, 2.75) is 136 Å². The number of ether oxygens (including phenoxy) is 2. The number of carbonyl (C=O) groups is 3. The van der Waals surface area contributed by atoms with E-state index in [4.69, 9.17) is 9.47 Å². The molecule has 0 aromatic carbocycles. The quantitative estimate of drug-likeness (QED) is 0.0871. The maximum absolute atomic E-state index is 13.4. The van der Waals surface area contributed by atoms with Crippen molar-refractivity contribution in [2.24, 2.45) is 29.6 Å². The summed E-state index contributed by atoms with van der Waals surface area (Å²) in [4.78, 5) is 38.1. The van der Waals surface area contributed by atoms with Gasteiger partial charge < -0.3 is 19.7 Å². The molecule has 2 N–H and O–H groups in total. The highest BCUT2D eigenvalue weighted by Gasteiger charge is 2.64. The third-order valence-electron chi connectivity index (χ3n) is 10.2. The van der Waals surface area contributed by atoms with E-state index in [9.17, 15) is 24.6 Å². The molecule has 0 saturated carbocycles. The van der Waals surface area contributed by atoms with Crippen LogP contribution in [0.2, 0.25) is 0 Å². The van der Waals surface area contributed by atoms with Gasteiger partial charge in [-0.15, -0.1) is 0 Å². The minimum absolute atomic E-state index is 0.0312. The monoisotopic (exact) mass is 652 g/mol. The molecule has 0 aromatic rings. The first-order valence-electron chi connectivity index (χ1n) is 18.1.